The molecule has 1 amide bonds. The molecule has 2 heterocycles. The fourth-order valence-electron chi connectivity index (χ4n) is 5.80. The van der Waals surface area contributed by atoms with Crippen LogP contribution in [0.2, 0.25) is 0 Å². The van der Waals surface area contributed by atoms with E-state index in [4.69, 9.17) is 9.15 Å². The average Bonchev–Trinajstić information content (AvgIpc) is 3.44. The summed E-state index contributed by atoms with van der Waals surface area (Å²) in [6.07, 6.45) is 11.5. The first-order valence-corrected chi connectivity index (χ1v) is 11.4. The predicted molar refractivity (Wildman–Crippen MR) is 121 cm³/mol. The van der Waals surface area contributed by atoms with Gasteiger partial charge in [0.05, 0.1) is 25.7 Å². The number of rotatable bonds is 6. The fraction of sp³-hybridized carbons (Fsp3) is 0.500. The van der Waals surface area contributed by atoms with Crippen molar-refractivity contribution >= 4 is 12.0 Å². The van der Waals surface area contributed by atoms with Gasteiger partial charge in [0.25, 0.3) is 0 Å². The Balaban J connectivity index is 1.50. The van der Waals surface area contributed by atoms with E-state index in [0.29, 0.717) is 6.04 Å². The summed E-state index contributed by atoms with van der Waals surface area (Å²) in [5.41, 5.74) is 3.56. The van der Waals surface area contributed by atoms with Gasteiger partial charge >= 0.3 is 0 Å². The summed E-state index contributed by atoms with van der Waals surface area (Å²) in [5, 5.41) is 0. The highest BCUT2D eigenvalue weighted by Crippen LogP contribution is 2.48. The third-order valence-electron chi connectivity index (χ3n) is 7.68. The van der Waals surface area contributed by atoms with Crippen molar-refractivity contribution in [3.63, 3.8) is 0 Å². The molecule has 1 aliphatic heterocycles. The zero-order chi connectivity index (χ0) is 21.6. The van der Waals surface area contributed by atoms with E-state index in [2.05, 4.69) is 30.0 Å². The van der Waals surface area contributed by atoms with Gasteiger partial charge in [0.15, 0.2) is 0 Å². The van der Waals surface area contributed by atoms with Gasteiger partial charge in [-0.2, -0.15) is 0 Å². The van der Waals surface area contributed by atoms with Gasteiger partial charge in [0.1, 0.15) is 5.75 Å². The van der Waals surface area contributed by atoms with Crippen LogP contribution in [-0.2, 0) is 16.6 Å². The van der Waals surface area contributed by atoms with Crippen LogP contribution in [0.25, 0.3) is 6.08 Å². The molecule has 0 N–H and O–H groups in total. The topological polar surface area (TPSA) is 45.9 Å². The van der Waals surface area contributed by atoms with E-state index in [1.54, 1.807) is 25.7 Å². The molecule has 1 saturated heterocycles. The Morgan fingerprint density at radius 2 is 2.19 bits per heavy atom. The molecule has 0 unspecified atom stereocenters. The zero-order valence-electron chi connectivity index (χ0n) is 18.7. The summed E-state index contributed by atoms with van der Waals surface area (Å²) in [6, 6.07) is 8.84. The van der Waals surface area contributed by atoms with Gasteiger partial charge in [-0.1, -0.05) is 13.0 Å². The summed E-state index contributed by atoms with van der Waals surface area (Å²) >= 11 is 0. The minimum absolute atomic E-state index is 0.0436. The van der Waals surface area contributed by atoms with Crippen LogP contribution in [0.3, 0.4) is 0 Å². The van der Waals surface area contributed by atoms with Crippen molar-refractivity contribution in [1.82, 2.24) is 9.80 Å². The number of hydrogen-bond donors (Lipinski definition) is 0. The maximum absolute atomic E-state index is 13.3. The summed E-state index contributed by atoms with van der Waals surface area (Å²) in [5.74, 6) is 1.78. The Kier molecular flexibility index (Phi) is 5.17. The van der Waals surface area contributed by atoms with E-state index < -0.39 is 0 Å². The lowest BCUT2D eigenvalue weighted by atomic mass is 9.61. The number of fused-ring (bicyclic) bond motifs is 4. The number of hydrogen-bond acceptors (Lipinski definition) is 4. The number of methoxy groups -OCH3 is 1. The van der Waals surface area contributed by atoms with Gasteiger partial charge < -0.3 is 14.1 Å². The van der Waals surface area contributed by atoms with E-state index in [1.165, 1.54) is 24.0 Å². The van der Waals surface area contributed by atoms with Crippen LogP contribution in [0.4, 0.5) is 0 Å². The molecule has 1 saturated carbocycles. The number of nitrogens with zero attached hydrogens (tertiary/aromatic N) is 2. The van der Waals surface area contributed by atoms with Crippen LogP contribution in [0.15, 0.2) is 47.3 Å². The van der Waals surface area contributed by atoms with Crippen LogP contribution in [0.5, 0.6) is 5.75 Å². The molecular weight excluding hydrogens is 388 g/mol. The quantitative estimate of drug-likeness (QED) is 0.660. The number of piperidine rings is 1. The van der Waals surface area contributed by atoms with Crippen LogP contribution < -0.4 is 4.74 Å². The van der Waals surface area contributed by atoms with Crippen molar-refractivity contribution in [3.8, 4) is 5.75 Å². The molecule has 1 aromatic carbocycles. The monoisotopic (exact) mass is 420 g/mol. The lowest BCUT2D eigenvalue weighted by molar-refractivity contribution is -0.132. The fourth-order valence-corrected chi connectivity index (χ4v) is 5.80. The Bertz CT molecular complexity index is 979. The molecule has 5 rings (SSSR count). The molecular formula is C26H32N2O3. The summed E-state index contributed by atoms with van der Waals surface area (Å²) in [6.45, 7) is 4.60. The van der Waals surface area contributed by atoms with Crippen molar-refractivity contribution in [3.05, 3.63) is 59.6 Å². The van der Waals surface area contributed by atoms with Crippen molar-refractivity contribution in [2.24, 2.45) is 5.92 Å². The highest BCUT2D eigenvalue weighted by Gasteiger charge is 2.53. The molecule has 2 bridgehead atoms. The van der Waals surface area contributed by atoms with Gasteiger partial charge in [-0.3, -0.25) is 9.69 Å². The Morgan fingerprint density at radius 1 is 1.35 bits per heavy atom. The molecule has 0 radical (unpaired) electrons. The van der Waals surface area contributed by atoms with Crippen LogP contribution in [0, 0.1) is 5.92 Å². The number of amides is 1. The third-order valence-corrected chi connectivity index (χ3v) is 7.68. The normalized spacial score (nSPS) is 27.8. The van der Waals surface area contributed by atoms with Gasteiger partial charge in [-0.15, -0.1) is 0 Å². The molecule has 3 aliphatic rings. The van der Waals surface area contributed by atoms with E-state index in [1.807, 2.05) is 24.1 Å². The first-order valence-electron chi connectivity index (χ1n) is 11.4. The molecule has 0 spiro atoms. The number of likely N-dealkylation sites (tertiary alicyclic amines) is 1. The molecule has 2 aromatic rings. The molecule has 3 atom stereocenters. The maximum Gasteiger partial charge on any atom is 0.246 e. The Morgan fingerprint density at radius 3 is 2.90 bits per heavy atom. The first kappa shape index (κ1) is 20.4. The summed E-state index contributed by atoms with van der Waals surface area (Å²) in [4.78, 5) is 17.9. The molecule has 31 heavy (non-hydrogen) atoms. The standard InChI is InChI=1S/C26H32N2O3/c1-26-11-12-28(16-18-4-5-18)23(14-20-7-8-21(30-3)15-22(20)26)25(26)27(2)24(29)9-6-19-10-13-31-17-19/h6-10,13,15,17-18,23,25H,4-5,11-12,14,16H2,1-3H3/t23-,25-,26-/m1/s1. The SMILES string of the molecule is COc1ccc2c(c1)[C@@]1(C)CCN(CC3CC3)[C@H](C2)[C@H]1N(C)C(=O)C=Cc1ccoc1. The molecule has 164 valence electrons. The Labute approximate surface area is 184 Å². The second-order valence-corrected chi connectivity index (χ2v) is 9.68. The van der Waals surface area contributed by atoms with Crippen molar-refractivity contribution in [2.75, 3.05) is 27.2 Å². The van der Waals surface area contributed by atoms with Gasteiger partial charge in [0, 0.05) is 36.7 Å². The molecule has 1 aromatic heterocycles. The number of furan rings is 1. The molecule has 2 fully saturated rings. The van der Waals surface area contributed by atoms with Crippen LogP contribution >= 0.6 is 0 Å². The first-order chi connectivity index (χ1) is 15.0. The second-order valence-electron chi connectivity index (χ2n) is 9.68. The van der Waals surface area contributed by atoms with Crippen molar-refractivity contribution in [2.45, 2.75) is 50.1 Å². The van der Waals surface area contributed by atoms with Crippen molar-refractivity contribution < 1.29 is 13.9 Å². The number of carbonyl (C=O) groups excluding carboxylic acids is 1. The average molecular weight is 421 g/mol. The zero-order valence-corrected chi connectivity index (χ0v) is 18.7. The van der Waals surface area contributed by atoms with Crippen LogP contribution in [-0.4, -0.2) is 55.0 Å². The van der Waals surface area contributed by atoms with E-state index in [9.17, 15) is 4.79 Å². The van der Waals surface area contributed by atoms with Crippen LogP contribution in [0.1, 0.15) is 42.9 Å². The highest BCUT2D eigenvalue weighted by atomic mass is 16.5. The van der Waals surface area contributed by atoms with Gasteiger partial charge in [-0.25, -0.2) is 0 Å². The van der Waals surface area contributed by atoms with E-state index >= 15 is 0 Å². The van der Waals surface area contributed by atoms with Gasteiger partial charge in [-0.05, 0) is 73.5 Å². The predicted octanol–water partition coefficient (Wildman–Crippen LogP) is 4.13. The Hall–Kier alpha value is -2.53. The van der Waals surface area contributed by atoms with Crippen molar-refractivity contribution in [1.29, 1.82) is 0 Å². The molecule has 5 heteroatoms. The number of carbonyl (C=O) groups is 1. The number of likely N-dealkylation sites (N-methyl/N-ethyl adjacent to an activating group) is 1. The van der Waals surface area contributed by atoms with Gasteiger partial charge in [0.2, 0.25) is 5.91 Å². The second kappa shape index (κ2) is 7.86. The minimum atomic E-state index is -0.0965. The molecule has 2 aliphatic carbocycles. The summed E-state index contributed by atoms with van der Waals surface area (Å²) < 4.78 is 10.7. The lowest BCUT2D eigenvalue weighted by Crippen LogP contribution is -2.68. The number of benzene rings is 1. The van der Waals surface area contributed by atoms with E-state index in [-0.39, 0.29) is 17.4 Å². The highest BCUT2D eigenvalue weighted by molar-refractivity contribution is 5.92. The van der Waals surface area contributed by atoms with E-state index in [0.717, 1.165) is 43.2 Å². The largest absolute Gasteiger partial charge is 0.497 e. The number of ether oxygens (including phenoxy) is 1. The summed E-state index contributed by atoms with van der Waals surface area (Å²) in [7, 11) is 3.70. The smallest absolute Gasteiger partial charge is 0.246 e. The third kappa shape index (κ3) is 3.69. The lowest BCUT2D eigenvalue weighted by Gasteiger charge is -2.58. The molecule has 5 nitrogen and oxygen atoms in total. The minimum Gasteiger partial charge on any atom is -0.497 e. The maximum atomic E-state index is 13.3.